The predicted octanol–water partition coefficient (Wildman–Crippen LogP) is 2.81. The molecule has 11 heteroatoms. The lowest BCUT2D eigenvalue weighted by Gasteiger charge is -2.36. The monoisotopic (exact) mass is 476 g/mol. The van der Waals surface area contributed by atoms with Crippen LogP contribution in [0.4, 0.5) is 17.1 Å². The number of amides is 1. The van der Waals surface area contributed by atoms with E-state index in [0.717, 1.165) is 11.8 Å². The fourth-order valence-corrected chi connectivity index (χ4v) is 3.62. The summed E-state index contributed by atoms with van der Waals surface area (Å²) < 4.78 is 10.2. The van der Waals surface area contributed by atoms with E-state index in [-0.39, 0.29) is 17.2 Å². The van der Waals surface area contributed by atoms with E-state index in [1.54, 1.807) is 11.0 Å². The number of hydrogen-bond donors (Lipinski definition) is 1. The number of carbonyl (C=O) groups is 2. The third-order valence-corrected chi connectivity index (χ3v) is 5.42. The number of methoxy groups -OCH3 is 1. The molecule has 2 aromatic rings. The first kappa shape index (κ1) is 24.3. The molecule has 0 atom stereocenters. The first-order chi connectivity index (χ1) is 15.9. The van der Waals surface area contributed by atoms with Crippen LogP contribution < -0.4 is 10.2 Å². The Hall–Kier alpha value is -3.37. The number of halogens is 1. The summed E-state index contributed by atoms with van der Waals surface area (Å²) >= 11 is 6.05. The van der Waals surface area contributed by atoms with Crippen LogP contribution in [0.15, 0.2) is 42.5 Å². The number of non-ortho nitro benzene ring substituents is 1. The van der Waals surface area contributed by atoms with Gasteiger partial charge in [0.2, 0.25) is 0 Å². The van der Waals surface area contributed by atoms with Crippen LogP contribution in [0.5, 0.6) is 0 Å². The molecule has 1 aliphatic rings. The van der Waals surface area contributed by atoms with E-state index in [1.165, 1.54) is 19.2 Å². The first-order valence-corrected chi connectivity index (χ1v) is 10.7. The van der Waals surface area contributed by atoms with Crippen molar-refractivity contribution in [1.29, 1.82) is 0 Å². The normalized spacial score (nSPS) is 13.5. The highest BCUT2D eigenvalue weighted by Gasteiger charge is 2.24. The van der Waals surface area contributed by atoms with Crippen molar-refractivity contribution in [2.24, 2.45) is 0 Å². The van der Waals surface area contributed by atoms with Crippen LogP contribution in [-0.4, -0.2) is 74.7 Å². The smallest absolute Gasteiger partial charge is 0.341 e. The molecule has 1 saturated heterocycles. The molecular formula is C22H25ClN4O6. The van der Waals surface area contributed by atoms with Crippen LogP contribution in [0.25, 0.3) is 0 Å². The van der Waals surface area contributed by atoms with Crippen molar-refractivity contribution in [3.8, 4) is 0 Å². The lowest BCUT2D eigenvalue weighted by atomic mass is 10.1. The second-order valence-electron chi connectivity index (χ2n) is 7.33. The second kappa shape index (κ2) is 11.5. The maximum Gasteiger partial charge on any atom is 0.341 e. The predicted molar refractivity (Wildman–Crippen MR) is 124 cm³/mol. The Bertz CT molecular complexity index is 1010. The van der Waals surface area contributed by atoms with Crippen molar-refractivity contribution in [2.75, 3.05) is 63.3 Å². The SMILES string of the molecule is COCCNc1ccc([N+](=O)[O-])cc1C(=O)OCC(=O)N1CCN(c2cccc(Cl)c2)CC1. The van der Waals surface area contributed by atoms with Crippen LogP contribution in [-0.2, 0) is 14.3 Å². The summed E-state index contributed by atoms with van der Waals surface area (Å²) in [5, 5.41) is 14.7. The van der Waals surface area contributed by atoms with E-state index in [4.69, 9.17) is 21.1 Å². The van der Waals surface area contributed by atoms with Gasteiger partial charge in [0, 0.05) is 68.4 Å². The third kappa shape index (κ3) is 6.56. The molecule has 33 heavy (non-hydrogen) atoms. The van der Waals surface area contributed by atoms with Gasteiger partial charge in [-0.3, -0.25) is 14.9 Å². The van der Waals surface area contributed by atoms with Gasteiger partial charge < -0.3 is 24.6 Å². The average molecular weight is 477 g/mol. The van der Waals surface area contributed by atoms with Gasteiger partial charge in [0.1, 0.15) is 0 Å². The Morgan fingerprint density at radius 3 is 2.58 bits per heavy atom. The highest BCUT2D eigenvalue weighted by Crippen LogP contribution is 2.24. The Morgan fingerprint density at radius 2 is 1.91 bits per heavy atom. The minimum absolute atomic E-state index is 0.0149. The van der Waals surface area contributed by atoms with Gasteiger partial charge in [0.05, 0.1) is 17.1 Å². The fourth-order valence-electron chi connectivity index (χ4n) is 3.44. The van der Waals surface area contributed by atoms with Gasteiger partial charge in [-0.15, -0.1) is 0 Å². The van der Waals surface area contributed by atoms with Gasteiger partial charge in [0.15, 0.2) is 6.61 Å². The maximum absolute atomic E-state index is 12.6. The van der Waals surface area contributed by atoms with Crippen LogP contribution in [0.1, 0.15) is 10.4 Å². The number of anilines is 2. The van der Waals surface area contributed by atoms with Crippen molar-refractivity contribution in [2.45, 2.75) is 0 Å². The van der Waals surface area contributed by atoms with Gasteiger partial charge in [-0.2, -0.15) is 0 Å². The summed E-state index contributed by atoms with van der Waals surface area (Å²) in [6.45, 7) is 2.52. The molecule has 0 aromatic heterocycles. The van der Waals surface area contributed by atoms with Crippen molar-refractivity contribution in [1.82, 2.24) is 4.90 Å². The highest BCUT2D eigenvalue weighted by atomic mass is 35.5. The van der Waals surface area contributed by atoms with Crippen molar-refractivity contribution in [3.05, 3.63) is 63.2 Å². The molecular weight excluding hydrogens is 452 g/mol. The van der Waals surface area contributed by atoms with Crippen LogP contribution in [0, 0.1) is 10.1 Å². The van der Waals surface area contributed by atoms with E-state index in [1.807, 2.05) is 18.2 Å². The molecule has 0 unspecified atom stereocenters. The Labute approximate surface area is 196 Å². The minimum Gasteiger partial charge on any atom is -0.452 e. The van der Waals surface area contributed by atoms with E-state index in [0.29, 0.717) is 50.0 Å². The van der Waals surface area contributed by atoms with Crippen LogP contribution in [0.3, 0.4) is 0 Å². The summed E-state index contributed by atoms with van der Waals surface area (Å²) in [4.78, 5) is 39.5. The molecule has 3 rings (SSSR count). The summed E-state index contributed by atoms with van der Waals surface area (Å²) in [7, 11) is 1.53. The zero-order valence-electron chi connectivity index (χ0n) is 18.2. The van der Waals surface area contributed by atoms with E-state index in [2.05, 4.69) is 10.2 Å². The average Bonchev–Trinajstić information content (AvgIpc) is 2.82. The van der Waals surface area contributed by atoms with E-state index >= 15 is 0 Å². The number of carbonyl (C=O) groups excluding carboxylic acids is 2. The number of rotatable bonds is 9. The molecule has 1 fully saturated rings. The maximum atomic E-state index is 12.6. The lowest BCUT2D eigenvalue weighted by molar-refractivity contribution is -0.384. The molecule has 0 aliphatic carbocycles. The molecule has 10 nitrogen and oxygen atoms in total. The summed E-state index contributed by atoms with van der Waals surface area (Å²) in [5.41, 5.74) is 1.09. The number of hydrogen-bond acceptors (Lipinski definition) is 8. The summed E-state index contributed by atoms with van der Waals surface area (Å²) in [6, 6.07) is 11.4. The number of nitrogens with one attached hydrogen (secondary N) is 1. The lowest BCUT2D eigenvalue weighted by Crippen LogP contribution is -2.49. The number of nitro benzene ring substituents is 1. The molecule has 2 aromatic carbocycles. The molecule has 1 N–H and O–H groups in total. The van der Waals surface area contributed by atoms with Gasteiger partial charge in [-0.25, -0.2) is 4.79 Å². The standard InChI is InChI=1S/C22H25ClN4O6/c1-32-12-7-24-20-6-5-18(27(30)31)14-19(20)22(29)33-15-21(28)26-10-8-25(9-11-26)17-4-2-3-16(23)13-17/h2-6,13-14,24H,7-12,15H2,1H3. The van der Waals surface area contributed by atoms with Crippen LogP contribution in [0.2, 0.25) is 5.02 Å². The number of nitro groups is 1. The van der Waals surface area contributed by atoms with Crippen LogP contribution >= 0.6 is 11.6 Å². The number of benzene rings is 2. The highest BCUT2D eigenvalue weighted by molar-refractivity contribution is 6.30. The fraction of sp³-hybridized carbons (Fsp3) is 0.364. The number of piperazine rings is 1. The van der Waals surface area contributed by atoms with Crippen molar-refractivity contribution < 1.29 is 24.0 Å². The Morgan fingerprint density at radius 1 is 1.15 bits per heavy atom. The van der Waals surface area contributed by atoms with Gasteiger partial charge in [-0.05, 0) is 24.3 Å². The minimum atomic E-state index is -0.815. The number of esters is 1. The van der Waals surface area contributed by atoms with E-state index < -0.39 is 17.5 Å². The summed E-state index contributed by atoms with van der Waals surface area (Å²) in [6.07, 6.45) is 0. The Balaban J connectivity index is 1.57. The molecule has 0 bridgehead atoms. The zero-order chi connectivity index (χ0) is 23.8. The molecule has 176 valence electrons. The Kier molecular flexibility index (Phi) is 8.45. The topological polar surface area (TPSA) is 114 Å². The molecule has 1 aliphatic heterocycles. The quantitative estimate of drug-likeness (QED) is 0.254. The number of nitrogens with zero attached hydrogens (tertiary/aromatic N) is 3. The molecule has 0 spiro atoms. The molecule has 0 saturated carbocycles. The van der Waals surface area contributed by atoms with Gasteiger partial charge in [0.25, 0.3) is 11.6 Å². The van der Waals surface area contributed by atoms with Gasteiger partial charge >= 0.3 is 5.97 Å². The van der Waals surface area contributed by atoms with E-state index in [9.17, 15) is 19.7 Å². The van der Waals surface area contributed by atoms with Crippen molar-refractivity contribution >= 4 is 40.5 Å². The molecule has 1 heterocycles. The largest absolute Gasteiger partial charge is 0.452 e. The zero-order valence-corrected chi connectivity index (χ0v) is 18.9. The number of ether oxygens (including phenoxy) is 2. The molecule has 1 amide bonds. The summed E-state index contributed by atoms with van der Waals surface area (Å²) in [5.74, 6) is -1.14. The third-order valence-electron chi connectivity index (χ3n) is 5.19. The molecule has 0 radical (unpaired) electrons. The van der Waals surface area contributed by atoms with Crippen molar-refractivity contribution in [3.63, 3.8) is 0 Å². The van der Waals surface area contributed by atoms with Gasteiger partial charge in [-0.1, -0.05) is 17.7 Å². The second-order valence-corrected chi connectivity index (χ2v) is 7.77. The first-order valence-electron chi connectivity index (χ1n) is 10.4.